The lowest BCUT2D eigenvalue weighted by molar-refractivity contribution is -0.123. The number of aryl methyl sites for hydroxylation is 3. The van der Waals surface area contributed by atoms with E-state index in [2.05, 4.69) is 172 Å². The van der Waals surface area contributed by atoms with Gasteiger partial charge in [-0.3, -0.25) is 24.0 Å². The van der Waals surface area contributed by atoms with Crippen LogP contribution < -0.4 is 21.3 Å². The number of carbonyl (C=O) groups excluding carboxylic acids is 5. The van der Waals surface area contributed by atoms with Crippen molar-refractivity contribution < 1.29 is 82.3 Å². The van der Waals surface area contributed by atoms with Gasteiger partial charge in [-0.25, -0.2) is 39.9 Å². The number of aliphatic hydroxyl groups excluding tert-OH is 4. The zero-order valence-corrected chi connectivity index (χ0v) is 77.2. The maximum atomic E-state index is 13.3. The van der Waals surface area contributed by atoms with E-state index in [1.807, 2.05) is 66.9 Å². The SMILES string of the molecule is CCC(C)C(CC(C)(C)C)C(=O)Nc1ncnc2c1c(C)cn2[C@H]1CC(O)[C@@H](COC)O1.COC[C@H]1O[C@@H](n2cc(C(C)=O)c3c(NC(=O)C(C)CC(C)(C)C)ncnc32)CC1O.COC[C@H]1O[C@@H](n2cc(C)c3c(NC(=O)C(C)CC(C)(C)C)ncnc32)CC1O.COC[C@H]1O[C@@H](n2cc(C)c3c(NC(=O)C(CC(C)(C)C)C(C)C)ncnc32)CC1O. The molecule has 33 heteroatoms. The highest BCUT2D eigenvalue weighted by Crippen LogP contribution is 2.42. The summed E-state index contributed by atoms with van der Waals surface area (Å²) in [5.74, 6) is 1.32. The first-order valence-electron chi connectivity index (χ1n) is 43.0. The number of hydrogen-bond donors (Lipinski definition) is 8. The van der Waals surface area contributed by atoms with E-state index in [0.29, 0.717) is 109 Å². The highest BCUT2D eigenvalue weighted by atomic mass is 16.6. The number of carbonyl (C=O) groups is 5. The fraction of sp³-hybridized carbons (Fsp3) is 0.678. The van der Waals surface area contributed by atoms with Gasteiger partial charge in [0.1, 0.15) is 120 Å². The zero-order valence-electron chi connectivity index (χ0n) is 77.2. The Morgan fingerprint density at radius 1 is 0.407 bits per heavy atom. The number of nitrogens with one attached hydrogen (secondary N) is 4. The zero-order chi connectivity index (χ0) is 90.8. The van der Waals surface area contributed by atoms with Crippen LogP contribution in [-0.2, 0) is 57.1 Å². The summed E-state index contributed by atoms with van der Waals surface area (Å²) in [6.45, 7) is 46.4. The molecule has 33 nitrogen and oxygen atoms in total. The summed E-state index contributed by atoms with van der Waals surface area (Å²) in [6, 6.07) is 0. The molecule has 4 saturated heterocycles. The first kappa shape index (κ1) is 98.3. The normalized spacial score (nSPS) is 23.1. The molecule has 680 valence electrons. The molecule has 17 atom stereocenters. The molecule has 0 radical (unpaired) electrons. The van der Waals surface area contributed by atoms with Crippen molar-refractivity contribution in [3.63, 3.8) is 0 Å². The van der Waals surface area contributed by atoms with E-state index in [0.717, 1.165) is 58.5 Å². The Hall–Kier alpha value is -8.45. The van der Waals surface area contributed by atoms with Crippen LogP contribution in [0.2, 0.25) is 0 Å². The molecule has 123 heavy (non-hydrogen) atoms. The van der Waals surface area contributed by atoms with E-state index in [-0.39, 0.29) is 130 Å². The fourth-order valence-electron chi connectivity index (χ4n) is 16.9. The number of amides is 4. The van der Waals surface area contributed by atoms with Gasteiger partial charge in [-0.2, -0.15) is 0 Å². The predicted octanol–water partition coefficient (Wildman–Crippen LogP) is 13.7. The molecular weight excluding hydrogens is 1580 g/mol. The van der Waals surface area contributed by atoms with Crippen molar-refractivity contribution in [2.24, 2.45) is 57.2 Å². The Morgan fingerprint density at radius 2 is 0.667 bits per heavy atom. The van der Waals surface area contributed by atoms with Crippen LogP contribution in [0.1, 0.15) is 241 Å². The van der Waals surface area contributed by atoms with Gasteiger partial charge in [-0.05, 0) is 104 Å². The van der Waals surface area contributed by atoms with E-state index in [1.54, 1.807) is 39.2 Å². The summed E-state index contributed by atoms with van der Waals surface area (Å²) in [6.07, 6.45) is 13.2. The van der Waals surface area contributed by atoms with Gasteiger partial charge >= 0.3 is 0 Å². The number of aliphatic hydroxyl groups is 4. The number of nitrogens with zero attached hydrogens (tertiary/aromatic N) is 12. The van der Waals surface area contributed by atoms with Crippen LogP contribution in [0.4, 0.5) is 23.3 Å². The number of ketones is 1. The molecule has 4 fully saturated rings. The van der Waals surface area contributed by atoms with Crippen LogP contribution in [-0.4, -0.2) is 212 Å². The average Bonchev–Trinajstić information content (AvgIpc) is 1.64. The summed E-state index contributed by atoms with van der Waals surface area (Å²) in [5.41, 5.74) is 5.87. The van der Waals surface area contributed by atoms with E-state index in [4.69, 9.17) is 37.9 Å². The third kappa shape index (κ3) is 25.0. The third-order valence-electron chi connectivity index (χ3n) is 22.9. The molecule has 9 unspecified atom stereocenters. The predicted molar refractivity (Wildman–Crippen MR) is 470 cm³/mol. The molecule has 4 aliphatic rings. The summed E-state index contributed by atoms with van der Waals surface area (Å²) in [4.78, 5) is 99.4. The van der Waals surface area contributed by atoms with Gasteiger partial charge in [0.2, 0.25) is 23.6 Å². The molecular formula is C90H138N16O17. The number of anilines is 4. The van der Waals surface area contributed by atoms with Gasteiger partial charge in [-0.1, -0.05) is 131 Å². The lowest BCUT2D eigenvalue weighted by Crippen LogP contribution is -2.31. The fourth-order valence-corrected chi connectivity index (χ4v) is 16.9. The van der Waals surface area contributed by atoms with Crippen molar-refractivity contribution in [3.05, 3.63) is 72.4 Å². The Labute approximate surface area is 723 Å². The van der Waals surface area contributed by atoms with Crippen molar-refractivity contribution in [3.8, 4) is 0 Å². The van der Waals surface area contributed by atoms with Gasteiger partial charge in [-0.15, -0.1) is 0 Å². The molecule has 8 N–H and O–H groups in total. The molecule has 0 bridgehead atoms. The number of fused-ring (bicyclic) bond motifs is 4. The van der Waals surface area contributed by atoms with Crippen molar-refractivity contribution >= 4 is 96.8 Å². The van der Waals surface area contributed by atoms with Gasteiger partial charge in [0, 0.05) is 108 Å². The minimum atomic E-state index is -0.692. The number of hydrogen-bond acceptors (Lipinski definition) is 25. The summed E-state index contributed by atoms with van der Waals surface area (Å²) in [5, 5.41) is 56.0. The van der Waals surface area contributed by atoms with Crippen LogP contribution in [0.5, 0.6) is 0 Å². The van der Waals surface area contributed by atoms with Gasteiger partial charge < -0.3 is 97.9 Å². The lowest BCUT2D eigenvalue weighted by atomic mass is 9.78. The van der Waals surface area contributed by atoms with Crippen molar-refractivity contribution in [1.29, 1.82) is 0 Å². The van der Waals surface area contributed by atoms with Crippen LogP contribution in [0.25, 0.3) is 44.1 Å². The Balaban J connectivity index is 0.000000186. The van der Waals surface area contributed by atoms with Crippen molar-refractivity contribution in [1.82, 2.24) is 58.1 Å². The largest absolute Gasteiger partial charge is 0.390 e. The standard InChI is InChI=1S/C24H38N4O4.C23H36N4O4.C22H32N4O5.C21H32N4O4/c1-8-14(2)16(10-24(4,5)6)23(30)27-21-20-15(3)11-28(22(20)26-13-25-21)19-9-17(29)18(32-19)12-31-7;1-13(2)15(9-23(4,5)6)22(29)26-20-19-14(3)10-27(21(19)25-12-24-20)18-8-16(28)17(31-18)11-30-7;1-12(8-22(3,4)5)21(29)25-19-18-14(13(2)27)9-26(20(18)24-11-23-19)17-7-15(28)16(31-17)10-30-6;1-12(8-21(3,4)5)20(27)24-18-17-13(2)9-25(19(17)23-11-22-18)16-7-14(26)15(29-16)10-28-6/h11,13-14,16-19,29H,8-10,12H2,1-7H3,(H,25,26,27,30);10,12-13,15-18,28H,8-9,11H2,1-7H3,(H,24,25,26,29);9,11-12,15-17,28H,7-8,10H2,1-6H3,(H,23,24,25,29);9,11-12,14-16,26H,7-8,10H2,1-6H3,(H,22,23,24,27)/t14?,16?,17?,18-,19-;15?,16?,17-,18-;12?,15?,16-,17-;12?,14?,15-,16-/m1111/s1. The maximum Gasteiger partial charge on any atom is 0.228 e. The third-order valence-corrected chi connectivity index (χ3v) is 22.9. The van der Waals surface area contributed by atoms with Crippen LogP contribution >= 0.6 is 0 Å². The minimum Gasteiger partial charge on any atom is -0.390 e. The molecule has 8 aromatic heterocycles. The quantitative estimate of drug-likeness (QED) is 0.0211. The van der Waals surface area contributed by atoms with Gasteiger partial charge in [0.05, 0.1) is 72.4 Å². The smallest absolute Gasteiger partial charge is 0.228 e. The van der Waals surface area contributed by atoms with E-state index < -0.39 is 36.7 Å². The Kier molecular flexibility index (Phi) is 33.4. The topological polar surface area (TPSA) is 411 Å². The van der Waals surface area contributed by atoms with Crippen molar-refractivity contribution in [2.75, 3.05) is 76.1 Å². The van der Waals surface area contributed by atoms with Gasteiger partial charge in [0.25, 0.3) is 0 Å². The number of rotatable bonds is 28. The molecule has 4 amide bonds. The second-order valence-corrected chi connectivity index (χ2v) is 39.1. The number of ether oxygens (including phenoxy) is 8. The van der Waals surface area contributed by atoms with Gasteiger partial charge in [0.15, 0.2) is 5.78 Å². The van der Waals surface area contributed by atoms with Crippen LogP contribution in [0, 0.1) is 77.9 Å². The van der Waals surface area contributed by atoms with E-state index in [1.165, 1.54) is 32.2 Å². The number of Topliss-reactive ketones (excluding diaryl/α,β-unsaturated/α-hetero) is 1. The summed E-state index contributed by atoms with van der Waals surface area (Å²) < 4.78 is 51.9. The maximum absolute atomic E-state index is 13.3. The number of methoxy groups -OCH3 is 4. The minimum absolute atomic E-state index is 0.00497. The molecule has 4 aliphatic heterocycles. The Bertz CT molecular complexity index is 4900. The lowest BCUT2D eigenvalue weighted by Gasteiger charge is -2.29. The second kappa shape index (κ2) is 41.8. The second-order valence-electron chi connectivity index (χ2n) is 39.1. The first-order valence-corrected chi connectivity index (χ1v) is 43.0. The molecule has 0 saturated carbocycles. The molecule has 0 aliphatic carbocycles. The molecule has 0 aromatic carbocycles. The van der Waals surface area contributed by atoms with E-state index in [9.17, 15) is 44.4 Å². The highest BCUT2D eigenvalue weighted by molar-refractivity contribution is 6.12. The van der Waals surface area contributed by atoms with E-state index >= 15 is 0 Å². The Morgan fingerprint density at radius 3 is 0.935 bits per heavy atom. The first-order chi connectivity index (χ1) is 57.7. The molecule has 12 heterocycles. The summed E-state index contributed by atoms with van der Waals surface area (Å²) in [7, 11) is 6.31. The highest BCUT2D eigenvalue weighted by Gasteiger charge is 2.42. The molecule has 12 rings (SSSR count). The van der Waals surface area contributed by atoms with Crippen LogP contribution in [0.15, 0.2) is 50.1 Å². The van der Waals surface area contributed by atoms with Crippen LogP contribution in [0.3, 0.4) is 0 Å². The summed E-state index contributed by atoms with van der Waals surface area (Å²) >= 11 is 0. The van der Waals surface area contributed by atoms with Crippen molar-refractivity contribution in [2.45, 2.75) is 284 Å². The molecule has 0 spiro atoms. The number of aromatic nitrogens is 12. The average molecular weight is 1720 g/mol. The molecule has 8 aromatic rings. The monoisotopic (exact) mass is 1720 g/mol.